The molecule has 0 saturated carbocycles. The normalized spacial score (nSPS) is 42.0. The Kier molecular flexibility index (Phi) is 3.06. The van der Waals surface area contributed by atoms with Gasteiger partial charge in [-0.15, -0.1) is 0 Å². The molecule has 0 aromatic carbocycles. The van der Waals surface area contributed by atoms with E-state index in [0.717, 1.165) is 5.76 Å². The van der Waals surface area contributed by atoms with Gasteiger partial charge in [0, 0.05) is 11.3 Å². The van der Waals surface area contributed by atoms with Crippen molar-refractivity contribution < 1.29 is 14.3 Å². The van der Waals surface area contributed by atoms with Crippen molar-refractivity contribution in [3.63, 3.8) is 0 Å². The highest BCUT2D eigenvalue weighted by Crippen LogP contribution is 2.55. The van der Waals surface area contributed by atoms with E-state index in [1.54, 1.807) is 6.26 Å². The van der Waals surface area contributed by atoms with E-state index < -0.39 is 0 Å². The van der Waals surface area contributed by atoms with Gasteiger partial charge in [-0.1, -0.05) is 25.5 Å². The second kappa shape index (κ2) is 4.50. The Morgan fingerprint density at radius 2 is 2.21 bits per heavy atom. The van der Waals surface area contributed by atoms with Gasteiger partial charge in [0.25, 0.3) is 0 Å². The summed E-state index contributed by atoms with van der Waals surface area (Å²) in [6.07, 6.45) is 3.98. The van der Waals surface area contributed by atoms with E-state index in [1.165, 1.54) is 5.57 Å². The van der Waals surface area contributed by atoms with E-state index in [1.807, 2.05) is 12.1 Å². The molecule has 0 unspecified atom stereocenters. The highest BCUT2D eigenvalue weighted by molar-refractivity contribution is 5.23. The standard InChI is InChI=1S/C16H22O3/c1-10-7-11(2)16(8-17)9-19-15(14(10)12(16)3)13-5-4-6-18-13/h4-7,11-12,14-15,17H,8-9H2,1-3H3/t11-,12+,14+,15-,16-/m0/s1. The SMILES string of the molecule is CC1=C[C@H](C)[C@]2(CO)CO[C@@H](c3ccco3)[C@H]1[C@H]2C. The van der Waals surface area contributed by atoms with Crippen LogP contribution in [0.3, 0.4) is 0 Å². The molecule has 5 atom stereocenters. The number of ether oxygens (including phenoxy) is 1. The van der Waals surface area contributed by atoms with Gasteiger partial charge in [0.2, 0.25) is 0 Å². The molecule has 104 valence electrons. The molecule has 0 spiro atoms. The quantitative estimate of drug-likeness (QED) is 0.832. The number of aliphatic hydroxyl groups excluding tert-OH is 1. The fourth-order valence-electron chi connectivity index (χ4n) is 4.00. The molecular formula is C16H22O3. The maximum atomic E-state index is 9.90. The van der Waals surface area contributed by atoms with Crippen LogP contribution >= 0.6 is 0 Å². The summed E-state index contributed by atoms with van der Waals surface area (Å²) in [6.45, 7) is 7.37. The van der Waals surface area contributed by atoms with Crippen molar-refractivity contribution >= 4 is 0 Å². The minimum Gasteiger partial charge on any atom is -0.467 e. The Balaban J connectivity index is 2.03. The van der Waals surface area contributed by atoms with Crippen LogP contribution in [-0.2, 0) is 4.74 Å². The summed E-state index contributed by atoms with van der Waals surface area (Å²) in [7, 11) is 0. The van der Waals surface area contributed by atoms with E-state index in [2.05, 4.69) is 26.8 Å². The molecule has 1 N–H and O–H groups in total. The third kappa shape index (κ3) is 1.72. The third-order valence-electron chi connectivity index (χ3n) is 5.37. The van der Waals surface area contributed by atoms with Crippen LogP contribution in [0.4, 0.5) is 0 Å². The van der Waals surface area contributed by atoms with Gasteiger partial charge in [-0.05, 0) is 30.9 Å². The van der Waals surface area contributed by atoms with E-state index in [-0.39, 0.29) is 18.1 Å². The van der Waals surface area contributed by atoms with Gasteiger partial charge < -0.3 is 14.3 Å². The van der Waals surface area contributed by atoms with Crippen molar-refractivity contribution in [2.75, 3.05) is 13.2 Å². The first kappa shape index (κ1) is 12.9. The average Bonchev–Trinajstić information content (AvgIpc) is 2.90. The van der Waals surface area contributed by atoms with Gasteiger partial charge in [0.15, 0.2) is 0 Å². The molecule has 2 aliphatic rings. The minimum absolute atomic E-state index is 0.0200. The molecule has 1 aliphatic carbocycles. The fraction of sp³-hybridized carbons (Fsp3) is 0.625. The molecule has 0 amide bonds. The number of hydrogen-bond donors (Lipinski definition) is 1. The third-order valence-corrected chi connectivity index (χ3v) is 5.37. The Morgan fingerprint density at radius 3 is 2.84 bits per heavy atom. The molecule has 1 aromatic heterocycles. The molecule has 0 radical (unpaired) electrons. The zero-order valence-corrected chi connectivity index (χ0v) is 11.8. The van der Waals surface area contributed by atoms with E-state index in [4.69, 9.17) is 9.15 Å². The van der Waals surface area contributed by atoms with Crippen LogP contribution in [0.15, 0.2) is 34.5 Å². The number of aliphatic hydroxyl groups is 1. The zero-order valence-electron chi connectivity index (χ0n) is 11.8. The van der Waals surface area contributed by atoms with Crippen molar-refractivity contribution in [3.05, 3.63) is 35.8 Å². The number of rotatable bonds is 2. The van der Waals surface area contributed by atoms with Crippen molar-refractivity contribution in [2.45, 2.75) is 26.9 Å². The van der Waals surface area contributed by atoms with E-state index in [9.17, 15) is 5.11 Å². The number of furan rings is 1. The highest BCUT2D eigenvalue weighted by Gasteiger charge is 2.53. The zero-order chi connectivity index (χ0) is 13.6. The lowest BCUT2D eigenvalue weighted by molar-refractivity contribution is -0.170. The summed E-state index contributed by atoms with van der Waals surface area (Å²) in [6, 6.07) is 3.89. The second-order valence-electron chi connectivity index (χ2n) is 6.15. The van der Waals surface area contributed by atoms with Gasteiger partial charge in [-0.2, -0.15) is 0 Å². The maximum absolute atomic E-state index is 9.90. The van der Waals surface area contributed by atoms with Gasteiger partial charge in [-0.25, -0.2) is 0 Å². The number of fused-ring (bicyclic) bond motifs is 2. The smallest absolute Gasteiger partial charge is 0.133 e. The molecule has 3 rings (SSSR count). The van der Waals surface area contributed by atoms with Crippen molar-refractivity contribution in [3.8, 4) is 0 Å². The van der Waals surface area contributed by atoms with Crippen LogP contribution in [0.2, 0.25) is 0 Å². The molecule has 3 nitrogen and oxygen atoms in total. The molecular weight excluding hydrogens is 240 g/mol. The Hall–Kier alpha value is -1.06. The number of allylic oxidation sites excluding steroid dienone is 1. The predicted molar refractivity (Wildman–Crippen MR) is 72.5 cm³/mol. The summed E-state index contributed by atoms with van der Waals surface area (Å²) in [5.74, 6) is 1.93. The van der Waals surface area contributed by atoms with Crippen molar-refractivity contribution in [1.82, 2.24) is 0 Å². The van der Waals surface area contributed by atoms with Crippen LogP contribution in [0.5, 0.6) is 0 Å². The van der Waals surface area contributed by atoms with E-state index in [0.29, 0.717) is 24.4 Å². The maximum Gasteiger partial charge on any atom is 0.133 e. The van der Waals surface area contributed by atoms with Gasteiger partial charge in [0.05, 0.1) is 19.5 Å². The molecule has 3 heteroatoms. The Morgan fingerprint density at radius 1 is 1.42 bits per heavy atom. The average molecular weight is 262 g/mol. The van der Waals surface area contributed by atoms with Gasteiger partial charge >= 0.3 is 0 Å². The van der Waals surface area contributed by atoms with Gasteiger partial charge in [-0.3, -0.25) is 0 Å². The van der Waals surface area contributed by atoms with Crippen LogP contribution in [0.25, 0.3) is 0 Å². The molecule has 1 saturated heterocycles. The molecule has 1 aromatic rings. The first-order chi connectivity index (χ1) is 9.10. The first-order valence-corrected chi connectivity index (χ1v) is 7.04. The molecule has 1 aliphatic heterocycles. The summed E-state index contributed by atoms with van der Waals surface area (Å²) in [5, 5.41) is 9.90. The lowest BCUT2D eigenvalue weighted by atomic mass is 9.56. The topological polar surface area (TPSA) is 42.6 Å². The summed E-state index contributed by atoms with van der Waals surface area (Å²) in [5.41, 5.74) is 1.21. The second-order valence-corrected chi connectivity index (χ2v) is 6.15. The van der Waals surface area contributed by atoms with Crippen LogP contribution in [0.1, 0.15) is 32.6 Å². The molecule has 2 bridgehead atoms. The molecule has 1 fully saturated rings. The molecule has 19 heavy (non-hydrogen) atoms. The highest BCUT2D eigenvalue weighted by atomic mass is 16.5. The largest absolute Gasteiger partial charge is 0.467 e. The summed E-state index contributed by atoms with van der Waals surface area (Å²) in [4.78, 5) is 0. The van der Waals surface area contributed by atoms with Crippen molar-refractivity contribution in [2.24, 2.45) is 23.2 Å². The monoisotopic (exact) mass is 262 g/mol. The van der Waals surface area contributed by atoms with Crippen LogP contribution in [-0.4, -0.2) is 18.3 Å². The number of hydrogen-bond acceptors (Lipinski definition) is 3. The van der Waals surface area contributed by atoms with Crippen LogP contribution < -0.4 is 0 Å². The first-order valence-electron chi connectivity index (χ1n) is 7.04. The predicted octanol–water partition coefficient (Wildman–Crippen LogP) is 3.18. The van der Waals surface area contributed by atoms with Gasteiger partial charge in [0.1, 0.15) is 11.9 Å². The van der Waals surface area contributed by atoms with Crippen LogP contribution in [0, 0.1) is 23.2 Å². The van der Waals surface area contributed by atoms with Crippen molar-refractivity contribution in [1.29, 1.82) is 0 Å². The minimum atomic E-state index is -0.146. The lowest BCUT2D eigenvalue weighted by Crippen LogP contribution is -2.53. The van der Waals surface area contributed by atoms with E-state index >= 15 is 0 Å². The Labute approximate surface area is 114 Å². The Bertz CT molecular complexity index is 476. The lowest BCUT2D eigenvalue weighted by Gasteiger charge is -2.54. The fourth-order valence-corrected chi connectivity index (χ4v) is 4.00. The molecule has 2 heterocycles. The summed E-state index contributed by atoms with van der Waals surface area (Å²) >= 11 is 0. The summed E-state index contributed by atoms with van der Waals surface area (Å²) < 4.78 is 11.6.